The normalized spacial score (nSPS) is 12.7. The van der Waals surface area contributed by atoms with E-state index in [0.29, 0.717) is 76.6 Å². The Morgan fingerprint density at radius 2 is 0.925 bits per heavy atom. The van der Waals surface area contributed by atoms with E-state index in [1.165, 1.54) is 15.4 Å². The standard InChI is InChI=1S/C18H16ClF2NO.C15H16N4O3.C14H16BrN3O3.C11H8N4O3.C8H6BrN3O.C8H5BrN2O2.C6H11BrO2.ClH/c19-15-7-2-1-5-13(15)14-6-3-4-11(18(14)21)8-17(23)16-9-12(20)10-22-16;1-15(2,3)22-11(20)8-19-13-9(7-16)5-4-6-10(13)12(18-19)14(17)21;1-14(2,3)21-10(19)7-18-12-8(5-4-6-9(12)15)11(17-18)13(16)20;12-4-6-2-1-3-7-9(11(13)18)14-15(10(6)7)5-8(16)17;9-5-3-1-2-4-6(5)11-12-7(4)8(10)13;9-5-3-1-2-4-6(5)10-11-7(4)8(12)13;1-6(2,3)9-5(8)4-7;/h1-7,12,16,22H,8-10H2;4-6H,8H2,1-3H3,(H2,17,21);4-6H,7H2,1-3H3,(H2,16,20);1-3H,5H2,(H2,13,18)(H,16,17);1-3H,(H2,10,13)(H,11,12);1-3H,(H,10,11)(H,12,13);4H2,1-3H3;1H/t12-,16+;;;;;;;/m1......./s1. The van der Waals surface area contributed by atoms with Gasteiger partial charge in [-0.25, -0.2) is 13.6 Å². The van der Waals surface area contributed by atoms with Crippen LogP contribution in [0.5, 0.6) is 0 Å². The Hall–Kier alpha value is -11.9. The fraction of sp³-hybridized carbons (Fsp3) is 0.263. The maximum atomic E-state index is 14.8. The van der Waals surface area contributed by atoms with Crippen molar-refractivity contribution in [3.05, 3.63) is 203 Å². The molecule has 0 radical (unpaired) electrons. The fourth-order valence-electron chi connectivity index (χ4n) is 11.4. The van der Waals surface area contributed by atoms with Gasteiger partial charge >= 0.3 is 29.8 Å². The summed E-state index contributed by atoms with van der Waals surface area (Å²) in [6.07, 6.45) is -0.914. The number of nitrogens with one attached hydrogen (secondary N) is 3. The predicted octanol–water partition coefficient (Wildman–Crippen LogP) is 13.2. The molecule has 1 saturated heterocycles. The molecule has 12 aromatic rings. The highest BCUT2D eigenvalue weighted by atomic mass is 79.9. The van der Waals surface area contributed by atoms with Crippen LogP contribution in [0.25, 0.3) is 65.6 Å². The molecule has 7 aromatic carbocycles. The number of rotatable bonds is 16. The van der Waals surface area contributed by atoms with Crippen molar-refractivity contribution in [3.63, 3.8) is 0 Å². The van der Waals surface area contributed by atoms with E-state index < -0.39 is 83.3 Å². The third-order valence-electron chi connectivity index (χ3n) is 16.0. The Balaban J connectivity index is 0.000000220. The molecule has 1 aliphatic heterocycles. The number of ether oxygens (including phenoxy) is 3. The van der Waals surface area contributed by atoms with Gasteiger partial charge in [0.2, 0.25) is 0 Å². The molecule has 13 N–H and O–H groups in total. The van der Waals surface area contributed by atoms with Gasteiger partial charge in [0.25, 0.3) is 23.6 Å². The molecule has 0 unspecified atom stereocenters. The zero-order valence-corrected chi connectivity index (χ0v) is 73.3. The number of para-hydroxylation sites is 5. The second kappa shape index (κ2) is 42.7. The Labute approximate surface area is 727 Å². The van der Waals surface area contributed by atoms with Crippen LogP contribution >= 0.6 is 87.7 Å². The largest absolute Gasteiger partial charge is 0.480 e. The third kappa shape index (κ3) is 26.3. The summed E-state index contributed by atoms with van der Waals surface area (Å²) in [4.78, 5) is 113. The van der Waals surface area contributed by atoms with Gasteiger partial charge in [-0.15, -0.1) is 12.4 Å². The number of nitriles is 2. The summed E-state index contributed by atoms with van der Waals surface area (Å²) in [5.41, 5.74) is 24.5. The topological polar surface area (TPSA) is 513 Å². The van der Waals surface area contributed by atoms with E-state index in [1.807, 2.05) is 51.1 Å². The van der Waals surface area contributed by atoms with E-state index in [2.05, 4.69) is 105 Å². The maximum absolute atomic E-state index is 14.8. The Morgan fingerprint density at radius 1 is 0.533 bits per heavy atom. The van der Waals surface area contributed by atoms with Crippen molar-refractivity contribution in [1.82, 2.24) is 55.1 Å². The summed E-state index contributed by atoms with van der Waals surface area (Å²) in [7, 11) is 0. The summed E-state index contributed by atoms with van der Waals surface area (Å²) >= 11 is 19.1. The van der Waals surface area contributed by atoms with Crippen LogP contribution in [0.4, 0.5) is 8.78 Å². The summed E-state index contributed by atoms with van der Waals surface area (Å²) in [5.74, 6) is -6.56. The third-order valence-corrected chi connectivity index (χ3v) is 18.7. The number of amides is 4. The molecule has 0 spiro atoms. The number of nitrogens with zero attached hydrogens (tertiary/aromatic N) is 10. The number of ketones is 1. The molecule has 6 heterocycles. The van der Waals surface area contributed by atoms with E-state index in [0.717, 1.165) is 29.0 Å². The lowest BCUT2D eigenvalue weighted by Crippen LogP contribution is -2.32. The number of primary amides is 4. The highest BCUT2D eigenvalue weighted by molar-refractivity contribution is 9.11. The summed E-state index contributed by atoms with van der Waals surface area (Å²) in [6.45, 7) is 15.6. The number of H-pyrrole nitrogens is 2. The lowest BCUT2D eigenvalue weighted by atomic mass is 9.97. The first-order valence-corrected chi connectivity index (χ1v) is 39.2. The first-order chi connectivity index (χ1) is 55.9. The van der Waals surface area contributed by atoms with Crippen molar-refractivity contribution in [1.29, 1.82) is 10.5 Å². The number of esters is 3. The van der Waals surface area contributed by atoms with Crippen molar-refractivity contribution in [2.24, 2.45) is 22.9 Å². The SMILES string of the molecule is CC(C)(C)OC(=O)CBr.CC(C)(C)OC(=O)Cn1nc(C(N)=O)c2cccc(Br)c21.CC(C)(C)OC(=O)Cn1nc(C(N)=O)c2cccc(C#N)c21.Cl.N#Cc1cccc2c(C(N)=O)nn(CC(=O)O)c12.NC(=O)c1[nH]nc2c(Br)cccc12.O=C(Cc1cccc(-c2ccccc2Cl)c1F)[C@@H]1C[C@@H](F)CN1.O=C(O)c1[nH]nc2c(Br)cccc12. The van der Waals surface area contributed by atoms with Gasteiger partial charge in [-0.2, -0.15) is 36.0 Å². The van der Waals surface area contributed by atoms with Crippen molar-refractivity contribution in [2.45, 2.75) is 124 Å². The monoisotopic (exact) mass is 1940 g/mol. The van der Waals surface area contributed by atoms with E-state index in [-0.39, 0.29) is 95.9 Å². The average molecular weight is 1950 g/mol. The van der Waals surface area contributed by atoms with Gasteiger partial charge in [-0.1, -0.05) is 125 Å². The zero-order valence-electron chi connectivity index (χ0n) is 65.3. The number of aromatic nitrogens is 10. The lowest BCUT2D eigenvalue weighted by Gasteiger charge is -2.19. The van der Waals surface area contributed by atoms with E-state index >= 15 is 0 Å². The second-order valence-corrected chi connectivity index (χ2v) is 32.0. The quantitative estimate of drug-likeness (QED) is 0.0246. The molecule has 1 fully saturated rings. The molecule has 4 amide bonds. The molecule has 1 aliphatic rings. The highest BCUT2D eigenvalue weighted by Gasteiger charge is 2.31. The number of benzene rings is 7. The molecule has 2 atom stereocenters. The summed E-state index contributed by atoms with van der Waals surface area (Å²) < 4.78 is 49.5. The highest BCUT2D eigenvalue weighted by Crippen LogP contribution is 2.33. The van der Waals surface area contributed by atoms with Crippen molar-refractivity contribution in [3.8, 4) is 23.3 Å². The molecule has 630 valence electrons. The number of Topliss-reactive ketones (excluding diaryl/α,β-unsaturated/α-hetero) is 1. The molecule has 40 heteroatoms. The van der Waals surface area contributed by atoms with Crippen LogP contribution in [-0.4, -0.2) is 160 Å². The van der Waals surface area contributed by atoms with Crippen LogP contribution in [0.15, 0.2) is 147 Å². The number of nitrogens with two attached hydrogens (primary N) is 4. The molecule has 0 bridgehead atoms. The molecule has 120 heavy (non-hydrogen) atoms. The molecule has 0 saturated carbocycles. The van der Waals surface area contributed by atoms with Crippen LogP contribution in [-0.2, 0) is 64.2 Å². The number of alkyl halides is 2. The molecule has 5 aromatic heterocycles. The summed E-state index contributed by atoms with van der Waals surface area (Å²) in [5, 5.41) is 67.0. The number of carbonyl (C=O) groups excluding carboxylic acids is 8. The number of carbonyl (C=O) groups is 10. The molecular weight excluding hydrogens is 1870 g/mol. The smallest absolute Gasteiger partial charge is 0.354 e. The Morgan fingerprint density at radius 3 is 1.32 bits per heavy atom. The lowest BCUT2D eigenvalue weighted by molar-refractivity contribution is -0.156. The zero-order chi connectivity index (χ0) is 88.3. The van der Waals surface area contributed by atoms with Gasteiger partial charge in [0.1, 0.15) is 82.6 Å². The van der Waals surface area contributed by atoms with Gasteiger partial charge < -0.3 is 52.7 Å². The van der Waals surface area contributed by atoms with Crippen LogP contribution in [0.1, 0.15) is 138 Å². The molecule has 13 rings (SSSR count). The van der Waals surface area contributed by atoms with Gasteiger partial charge in [-0.05, 0) is 152 Å². The predicted molar refractivity (Wildman–Crippen MR) is 458 cm³/mol. The Kier molecular flexibility index (Phi) is 34.5. The first-order valence-electron chi connectivity index (χ1n) is 35.3. The minimum atomic E-state index is -1.12. The number of fused-ring (bicyclic) bond motifs is 5. The van der Waals surface area contributed by atoms with Gasteiger partial charge in [0.15, 0.2) is 28.6 Å². The average Bonchev–Trinajstić information content (AvgIpc) is 1.58. The number of aromatic carboxylic acids is 1. The molecular formula is C80H79Br4Cl2F2N17O15. The molecule has 32 nitrogen and oxygen atoms in total. The number of hydrogen-bond acceptors (Lipinski definition) is 21. The summed E-state index contributed by atoms with van der Waals surface area (Å²) in [6, 6.07) is 40.9. The van der Waals surface area contributed by atoms with Crippen LogP contribution in [0.3, 0.4) is 0 Å². The van der Waals surface area contributed by atoms with Crippen molar-refractivity contribution < 1.29 is 81.1 Å². The second-order valence-electron chi connectivity index (χ2n) is 28.5. The van der Waals surface area contributed by atoms with E-state index in [9.17, 15) is 62.0 Å². The van der Waals surface area contributed by atoms with E-state index in [4.69, 9.17) is 64.2 Å². The maximum Gasteiger partial charge on any atom is 0.354 e. The minimum Gasteiger partial charge on any atom is -0.480 e. The van der Waals surface area contributed by atoms with E-state index in [1.54, 1.807) is 151 Å². The number of aliphatic carboxylic acids is 1. The van der Waals surface area contributed by atoms with Crippen LogP contribution < -0.4 is 28.3 Å². The van der Waals surface area contributed by atoms with Crippen molar-refractivity contribution in [2.75, 3.05) is 11.9 Å². The number of hydrogen-bond donors (Lipinski definition) is 9. The van der Waals surface area contributed by atoms with Gasteiger partial charge in [0.05, 0.1) is 33.7 Å². The van der Waals surface area contributed by atoms with Crippen LogP contribution in [0.2, 0.25) is 5.02 Å². The number of carboxylic acids is 2. The van der Waals surface area contributed by atoms with Gasteiger partial charge in [-0.3, -0.25) is 67.4 Å². The van der Waals surface area contributed by atoms with Crippen molar-refractivity contribution >= 4 is 202 Å². The van der Waals surface area contributed by atoms with Crippen LogP contribution in [0, 0.1) is 28.5 Å². The Bertz CT molecular complexity index is 5870. The fourth-order valence-corrected chi connectivity index (χ4v) is 13.3. The van der Waals surface area contributed by atoms with Gasteiger partial charge in [0, 0.05) is 75.9 Å². The molecule has 0 aliphatic carbocycles. The number of aromatic amines is 2. The minimum absolute atomic E-state index is 0. The number of halogens is 8. The number of carboxylic acid groups (broad SMARTS) is 2. The first kappa shape index (κ1) is 96.9.